The van der Waals surface area contributed by atoms with Crippen molar-refractivity contribution in [2.24, 2.45) is 7.05 Å². The van der Waals surface area contributed by atoms with Crippen molar-refractivity contribution < 1.29 is 0 Å². The standard InChI is InChI=1S/C12H13Br2N3/c1-8(12-15-5-6-17(12)2)16-11-7-9(13)3-4-10(11)14/h3-8,16H,1-2H3. The summed E-state index contributed by atoms with van der Waals surface area (Å²) in [7, 11) is 2.00. The lowest BCUT2D eigenvalue weighted by atomic mass is 10.2. The summed E-state index contributed by atoms with van der Waals surface area (Å²) in [4.78, 5) is 4.34. The molecule has 0 saturated heterocycles. The van der Waals surface area contributed by atoms with Crippen LogP contribution in [-0.2, 0) is 7.05 Å². The molecule has 0 aliphatic rings. The topological polar surface area (TPSA) is 29.9 Å². The van der Waals surface area contributed by atoms with Crippen LogP contribution in [0.3, 0.4) is 0 Å². The molecule has 1 aromatic carbocycles. The van der Waals surface area contributed by atoms with Crippen molar-refractivity contribution in [1.29, 1.82) is 0 Å². The average molecular weight is 359 g/mol. The van der Waals surface area contributed by atoms with Gasteiger partial charge in [-0.05, 0) is 41.1 Å². The number of hydrogen-bond acceptors (Lipinski definition) is 2. The summed E-state index contributed by atoms with van der Waals surface area (Å²) in [5.74, 6) is 1.01. The monoisotopic (exact) mass is 357 g/mol. The molecule has 1 unspecified atom stereocenters. The summed E-state index contributed by atoms with van der Waals surface area (Å²) in [6.07, 6.45) is 3.76. The Hall–Kier alpha value is -0.810. The van der Waals surface area contributed by atoms with Crippen LogP contribution in [0.5, 0.6) is 0 Å². The highest BCUT2D eigenvalue weighted by Crippen LogP contribution is 2.28. The molecule has 2 rings (SSSR count). The number of nitrogens with one attached hydrogen (secondary N) is 1. The van der Waals surface area contributed by atoms with E-state index >= 15 is 0 Å². The highest BCUT2D eigenvalue weighted by atomic mass is 79.9. The zero-order valence-corrected chi connectivity index (χ0v) is 12.8. The number of benzene rings is 1. The zero-order chi connectivity index (χ0) is 12.4. The van der Waals surface area contributed by atoms with Gasteiger partial charge in [-0.2, -0.15) is 0 Å². The first-order valence-electron chi connectivity index (χ1n) is 5.26. The zero-order valence-electron chi connectivity index (χ0n) is 9.61. The quantitative estimate of drug-likeness (QED) is 0.894. The smallest absolute Gasteiger partial charge is 0.130 e. The lowest BCUT2D eigenvalue weighted by Gasteiger charge is -2.16. The number of nitrogens with zero attached hydrogens (tertiary/aromatic N) is 2. The van der Waals surface area contributed by atoms with Crippen LogP contribution >= 0.6 is 31.9 Å². The Bertz CT molecular complexity index is 522. The number of imidazole rings is 1. The number of rotatable bonds is 3. The second kappa shape index (κ2) is 5.23. The van der Waals surface area contributed by atoms with Crippen LogP contribution < -0.4 is 5.32 Å². The third-order valence-corrected chi connectivity index (χ3v) is 3.73. The fraction of sp³-hybridized carbons (Fsp3) is 0.250. The molecule has 1 atom stereocenters. The molecule has 17 heavy (non-hydrogen) atoms. The molecule has 2 aromatic rings. The molecule has 90 valence electrons. The maximum Gasteiger partial charge on any atom is 0.130 e. The fourth-order valence-corrected chi connectivity index (χ4v) is 2.42. The molecule has 1 N–H and O–H groups in total. The first-order valence-corrected chi connectivity index (χ1v) is 6.85. The Balaban J connectivity index is 2.21. The van der Waals surface area contributed by atoms with Gasteiger partial charge in [0, 0.05) is 28.4 Å². The first-order chi connectivity index (χ1) is 8.08. The van der Waals surface area contributed by atoms with Gasteiger partial charge in [0.1, 0.15) is 5.82 Å². The molecule has 0 spiro atoms. The molecule has 0 saturated carbocycles. The van der Waals surface area contributed by atoms with Crippen molar-refractivity contribution in [3.05, 3.63) is 45.4 Å². The number of aryl methyl sites for hydroxylation is 1. The van der Waals surface area contributed by atoms with Gasteiger partial charge in [0.25, 0.3) is 0 Å². The van der Waals surface area contributed by atoms with Gasteiger partial charge in [-0.15, -0.1) is 0 Å². The Kier molecular flexibility index (Phi) is 3.89. The second-order valence-electron chi connectivity index (χ2n) is 3.89. The minimum Gasteiger partial charge on any atom is -0.374 e. The van der Waals surface area contributed by atoms with Crippen molar-refractivity contribution in [1.82, 2.24) is 9.55 Å². The Morgan fingerprint density at radius 3 is 2.76 bits per heavy atom. The third kappa shape index (κ3) is 2.90. The fourth-order valence-electron chi connectivity index (χ4n) is 1.70. The number of aromatic nitrogens is 2. The van der Waals surface area contributed by atoms with Crippen LogP contribution in [-0.4, -0.2) is 9.55 Å². The summed E-state index contributed by atoms with van der Waals surface area (Å²) in [5, 5.41) is 3.43. The van der Waals surface area contributed by atoms with Gasteiger partial charge >= 0.3 is 0 Å². The average Bonchev–Trinajstić information content (AvgIpc) is 2.70. The normalized spacial score (nSPS) is 12.5. The number of anilines is 1. The van der Waals surface area contributed by atoms with E-state index in [1.54, 1.807) is 0 Å². The molecule has 0 amide bonds. The van der Waals surface area contributed by atoms with Crippen LogP contribution in [0.2, 0.25) is 0 Å². The Labute approximate surface area is 118 Å². The molecular formula is C12H13Br2N3. The van der Waals surface area contributed by atoms with Crippen molar-refractivity contribution in [3.8, 4) is 0 Å². The highest BCUT2D eigenvalue weighted by Gasteiger charge is 2.11. The van der Waals surface area contributed by atoms with Gasteiger partial charge in [0.05, 0.1) is 11.7 Å². The first kappa shape index (κ1) is 12.6. The van der Waals surface area contributed by atoms with E-state index in [0.717, 1.165) is 20.5 Å². The van der Waals surface area contributed by atoms with Crippen molar-refractivity contribution in [2.45, 2.75) is 13.0 Å². The highest BCUT2D eigenvalue weighted by molar-refractivity contribution is 9.11. The maximum atomic E-state index is 4.34. The second-order valence-corrected chi connectivity index (χ2v) is 5.66. The molecule has 0 fully saturated rings. The molecule has 0 aliphatic carbocycles. The molecule has 1 aromatic heterocycles. The predicted molar refractivity (Wildman–Crippen MR) is 77.1 cm³/mol. The minimum absolute atomic E-state index is 0.153. The summed E-state index contributed by atoms with van der Waals surface area (Å²) in [6, 6.07) is 6.21. The molecule has 0 bridgehead atoms. The van der Waals surface area contributed by atoms with E-state index in [-0.39, 0.29) is 6.04 Å². The van der Waals surface area contributed by atoms with E-state index in [4.69, 9.17) is 0 Å². The summed E-state index contributed by atoms with van der Waals surface area (Å²) in [5.41, 5.74) is 1.05. The van der Waals surface area contributed by atoms with Gasteiger partial charge in [0.2, 0.25) is 0 Å². The lowest BCUT2D eigenvalue weighted by Crippen LogP contribution is -2.12. The van der Waals surface area contributed by atoms with E-state index in [1.165, 1.54) is 0 Å². The molecule has 0 aliphatic heterocycles. The van der Waals surface area contributed by atoms with Crippen LogP contribution in [0.25, 0.3) is 0 Å². The van der Waals surface area contributed by atoms with E-state index in [0.29, 0.717) is 0 Å². The van der Waals surface area contributed by atoms with Crippen LogP contribution in [0, 0.1) is 0 Å². The maximum absolute atomic E-state index is 4.34. The van der Waals surface area contributed by atoms with E-state index < -0.39 is 0 Å². The van der Waals surface area contributed by atoms with Gasteiger partial charge in [-0.25, -0.2) is 4.98 Å². The third-order valence-electron chi connectivity index (χ3n) is 2.55. The van der Waals surface area contributed by atoms with Gasteiger partial charge < -0.3 is 9.88 Å². The molecule has 0 radical (unpaired) electrons. The Morgan fingerprint density at radius 2 is 2.12 bits per heavy atom. The number of halogens is 2. The van der Waals surface area contributed by atoms with Gasteiger partial charge in [0.15, 0.2) is 0 Å². The van der Waals surface area contributed by atoms with Crippen LogP contribution in [0.4, 0.5) is 5.69 Å². The Morgan fingerprint density at radius 1 is 1.35 bits per heavy atom. The van der Waals surface area contributed by atoms with Gasteiger partial charge in [-0.3, -0.25) is 0 Å². The van der Waals surface area contributed by atoms with Crippen molar-refractivity contribution >= 4 is 37.5 Å². The van der Waals surface area contributed by atoms with Gasteiger partial charge in [-0.1, -0.05) is 15.9 Å². The summed E-state index contributed by atoms with van der Waals surface area (Å²) in [6.45, 7) is 2.09. The van der Waals surface area contributed by atoms with E-state index in [2.05, 4.69) is 49.1 Å². The van der Waals surface area contributed by atoms with E-state index in [1.807, 2.05) is 42.2 Å². The predicted octanol–water partition coefficient (Wildman–Crippen LogP) is 4.12. The lowest BCUT2D eigenvalue weighted by molar-refractivity contribution is 0.721. The van der Waals surface area contributed by atoms with Crippen LogP contribution in [0.1, 0.15) is 18.8 Å². The van der Waals surface area contributed by atoms with Crippen LogP contribution in [0.15, 0.2) is 39.5 Å². The van der Waals surface area contributed by atoms with E-state index in [9.17, 15) is 0 Å². The van der Waals surface area contributed by atoms with Crippen molar-refractivity contribution in [3.63, 3.8) is 0 Å². The molecule has 1 heterocycles. The largest absolute Gasteiger partial charge is 0.374 e. The van der Waals surface area contributed by atoms with Crippen molar-refractivity contribution in [2.75, 3.05) is 5.32 Å². The molecular weight excluding hydrogens is 346 g/mol. The summed E-state index contributed by atoms with van der Waals surface area (Å²) >= 11 is 7.00. The summed E-state index contributed by atoms with van der Waals surface area (Å²) < 4.78 is 4.11. The SMILES string of the molecule is CC(Nc1cc(Br)ccc1Br)c1nccn1C. The molecule has 5 heteroatoms. The number of hydrogen-bond donors (Lipinski definition) is 1. The molecule has 3 nitrogen and oxygen atoms in total. The minimum atomic E-state index is 0.153.